The van der Waals surface area contributed by atoms with Gasteiger partial charge in [0, 0.05) is 0 Å². The molecule has 0 radical (unpaired) electrons. The molecule has 0 aromatic heterocycles. The van der Waals surface area contributed by atoms with Crippen LogP contribution in [0.1, 0.15) is 22.3 Å². The van der Waals surface area contributed by atoms with Gasteiger partial charge in [-0.15, -0.1) is 0 Å². The minimum absolute atomic E-state index is 1.12. The van der Waals surface area contributed by atoms with Crippen LogP contribution in [-0.4, -0.2) is 0 Å². The van der Waals surface area contributed by atoms with Crippen LogP contribution in [0.5, 0.6) is 0 Å². The van der Waals surface area contributed by atoms with Gasteiger partial charge < -0.3 is 0 Å². The molecule has 0 heterocycles. The summed E-state index contributed by atoms with van der Waals surface area (Å²) in [5, 5.41) is 0. The van der Waals surface area contributed by atoms with E-state index < -0.39 is 0 Å². The van der Waals surface area contributed by atoms with Crippen molar-refractivity contribution in [1.29, 1.82) is 0 Å². The maximum Gasteiger partial charge on any atom is -0.00882 e. The molecule has 2 aliphatic carbocycles. The fourth-order valence-electron chi connectivity index (χ4n) is 2.39. The van der Waals surface area contributed by atoms with Crippen LogP contribution in [0.25, 0.3) is 12.2 Å². The minimum atomic E-state index is 1.12. The van der Waals surface area contributed by atoms with Gasteiger partial charge in [-0.05, 0) is 35.1 Å². The molecule has 2 aromatic rings. The zero-order valence-corrected chi connectivity index (χ0v) is 10.3. The lowest BCUT2D eigenvalue weighted by atomic mass is 10.1. The van der Waals surface area contributed by atoms with Gasteiger partial charge in [-0.1, -0.05) is 72.8 Å². The van der Waals surface area contributed by atoms with E-state index in [-0.39, 0.29) is 0 Å². The first-order valence-electron chi connectivity index (χ1n) is 6.42. The van der Waals surface area contributed by atoms with E-state index in [2.05, 4.69) is 72.8 Å². The minimum Gasteiger partial charge on any atom is -0.0795 e. The molecule has 0 saturated carbocycles. The van der Waals surface area contributed by atoms with Crippen LogP contribution in [0.15, 0.2) is 60.7 Å². The first-order chi connectivity index (χ1) is 8.93. The van der Waals surface area contributed by atoms with Crippen molar-refractivity contribution in [2.24, 2.45) is 0 Å². The molecule has 0 aliphatic heterocycles. The Morgan fingerprint density at radius 3 is 1.44 bits per heavy atom. The second kappa shape index (κ2) is 5.05. The molecule has 0 N–H and O–H groups in total. The van der Waals surface area contributed by atoms with Crippen molar-refractivity contribution in [3.8, 4) is 0 Å². The van der Waals surface area contributed by atoms with Gasteiger partial charge >= 0.3 is 0 Å². The Bertz CT molecular complexity index is 547. The van der Waals surface area contributed by atoms with Crippen molar-refractivity contribution < 1.29 is 0 Å². The van der Waals surface area contributed by atoms with Crippen LogP contribution < -0.4 is 0 Å². The zero-order valence-electron chi connectivity index (χ0n) is 10.3. The fraction of sp³-hybridized carbons (Fsp3) is 0.111. The highest BCUT2D eigenvalue weighted by molar-refractivity contribution is 5.60. The molecule has 0 atom stereocenters. The topological polar surface area (TPSA) is 0 Å². The summed E-state index contributed by atoms with van der Waals surface area (Å²) in [6.45, 7) is 0. The Hall–Kier alpha value is -2.08. The highest BCUT2D eigenvalue weighted by atomic mass is 14.1. The average Bonchev–Trinajstić information content (AvgIpc) is 3.08. The van der Waals surface area contributed by atoms with Crippen molar-refractivity contribution in [2.75, 3.05) is 0 Å². The lowest BCUT2D eigenvalue weighted by Gasteiger charge is -1.93. The molecule has 2 aromatic carbocycles. The molecule has 88 valence electrons. The van der Waals surface area contributed by atoms with Gasteiger partial charge in [0.15, 0.2) is 0 Å². The summed E-state index contributed by atoms with van der Waals surface area (Å²) in [5.41, 5.74) is 5.69. The molecular weight excluding hydrogens is 216 g/mol. The van der Waals surface area contributed by atoms with E-state index in [9.17, 15) is 0 Å². The third-order valence-corrected chi connectivity index (χ3v) is 3.38. The first kappa shape index (κ1) is 11.0. The molecular formula is C18H16. The Balaban J connectivity index is 0.000000111. The van der Waals surface area contributed by atoms with Crippen molar-refractivity contribution >= 4 is 12.2 Å². The predicted molar refractivity (Wildman–Crippen MR) is 78.4 cm³/mol. The largest absolute Gasteiger partial charge is 0.0795 e. The molecule has 0 amide bonds. The summed E-state index contributed by atoms with van der Waals surface area (Å²) >= 11 is 0. The third-order valence-electron chi connectivity index (χ3n) is 3.38. The molecule has 0 saturated heterocycles. The molecule has 2 aliphatic rings. The second-order valence-electron chi connectivity index (χ2n) is 4.61. The van der Waals surface area contributed by atoms with E-state index in [4.69, 9.17) is 0 Å². The summed E-state index contributed by atoms with van der Waals surface area (Å²) in [6.07, 6.45) is 11.0. The second-order valence-corrected chi connectivity index (χ2v) is 4.61. The van der Waals surface area contributed by atoms with Gasteiger partial charge in [0.1, 0.15) is 0 Å². The predicted octanol–water partition coefficient (Wildman–Crippen LogP) is 4.51. The fourth-order valence-corrected chi connectivity index (χ4v) is 2.39. The van der Waals surface area contributed by atoms with Crippen LogP contribution >= 0.6 is 0 Å². The van der Waals surface area contributed by atoms with Crippen LogP contribution in [0.4, 0.5) is 0 Å². The summed E-state index contributed by atoms with van der Waals surface area (Å²) in [7, 11) is 0. The maximum atomic E-state index is 2.20. The van der Waals surface area contributed by atoms with Crippen molar-refractivity contribution in [3.63, 3.8) is 0 Å². The highest BCUT2D eigenvalue weighted by Crippen LogP contribution is 2.18. The molecule has 0 heteroatoms. The van der Waals surface area contributed by atoms with E-state index in [1.54, 1.807) is 0 Å². The Morgan fingerprint density at radius 1 is 0.556 bits per heavy atom. The molecule has 18 heavy (non-hydrogen) atoms. The maximum absolute atomic E-state index is 2.20. The van der Waals surface area contributed by atoms with Crippen molar-refractivity contribution in [2.45, 2.75) is 12.8 Å². The SMILES string of the molecule is C1=Cc2ccccc2C1.C1=Cc2ccccc2C1. The third kappa shape index (κ3) is 2.28. The lowest BCUT2D eigenvalue weighted by Crippen LogP contribution is -1.76. The van der Waals surface area contributed by atoms with E-state index in [0.717, 1.165) is 12.8 Å². The van der Waals surface area contributed by atoms with Gasteiger partial charge in [-0.2, -0.15) is 0 Å². The van der Waals surface area contributed by atoms with Gasteiger partial charge in [0.25, 0.3) is 0 Å². The monoisotopic (exact) mass is 232 g/mol. The lowest BCUT2D eigenvalue weighted by molar-refractivity contribution is 1.31. The van der Waals surface area contributed by atoms with E-state index in [1.165, 1.54) is 22.3 Å². The molecule has 0 nitrogen and oxygen atoms in total. The number of allylic oxidation sites excluding steroid dienone is 2. The molecule has 4 rings (SSSR count). The first-order valence-corrected chi connectivity index (χ1v) is 6.42. The highest BCUT2D eigenvalue weighted by Gasteiger charge is 2.00. The molecule has 0 fully saturated rings. The van der Waals surface area contributed by atoms with Gasteiger partial charge in [0.2, 0.25) is 0 Å². The zero-order chi connectivity index (χ0) is 12.2. The summed E-state index contributed by atoms with van der Waals surface area (Å²) < 4.78 is 0. The summed E-state index contributed by atoms with van der Waals surface area (Å²) in [4.78, 5) is 0. The number of fused-ring (bicyclic) bond motifs is 2. The summed E-state index contributed by atoms with van der Waals surface area (Å²) in [6, 6.07) is 17.0. The normalized spacial score (nSPS) is 13.8. The molecule has 0 spiro atoms. The van der Waals surface area contributed by atoms with Crippen LogP contribution in [0, 0.1) is 0 Å². The standard InChI is InChI=1S/2C9H8/c2*1-2-5-9-7-3-6-8(9)4-1/h2*1-6H,7H2. The Morgan fingerprint density at radius 2 is 1.00 bits per heavy atom. The van der Waals surface area contributed by atoms with E-state index in [0.29, 0.717) is 0 Å². The smallest absolute Gasteiger partial charge is 0.00882 e. The van der Waals surface area contributed by atoms with E-state index in [1.807, 2.05) is 0 Å². The Labute approximate surface area is 108 Å². The van der Waals surface area contributed by atoms with Crippen molar-refractivity contribution in [1.82, 2.24) is 0 Å². The number of rotatable bonds is 0. The van der Waals surface area contributed by atoms with Gasteiger partial charge in [0.05, 0.1) is 0 Å². The average molecular weight is 232 g/mol. The van der Waals surface area contributed by atoms with Crippen molar-refractivity contribution in [3.05, 3.63) is 82.9 Å². The van der Waals surface area contributed by atoms with Crippen LogP contribution in [0.3, 0.4) is 0 Å². The van der Waals surface area contributed by atoms with Crippen LogP contribution in [0.2, 0.25) is 0 Å². The number of hydrogen-bond acceptors (Lipinski definition) is 0. The van der Waals surface area contributed by atoms with Gasteiger partial charge in [-0.3, -0.25) is 0 Å². The van der Waals surface area contributed by atoms with E-state index >= 15 is 0 Å². The van der Waals surface area contributed by atoms with Crippen LogP contribution in [-0.2, 0) is 12.8 Å². The Kier molecular flexibility index (Phi) is 3.10. The van der Waals surface area contributed by atoms with Gasteiger partial charge in [-0.25, -0.2) is 0 Å². The number of benzene rings is 2. The molecule has 0 bridgehead atoms. The number of hydrogen-bond donors (Lipinski definition) is 0. The molecule has 0 unspecified atom stereocenters. The quantitative estimate of drug-likeness (QED) is 0.627. The summed E-state index contributed by atoms with van der Waals surface area (Å²) in [5.74, 6) is 0.